The Morgan fingerprint density at radius 3 is 2.79 bits per heavy atom. The Hall–Kier alpha value is -2.47. The Balaban J connectivity index is 1.67. The number of hydrogen-bond donors (Lipinski definition) is 0. The Morgan fingerprint density at radius 2 is 1.96 bits per heavy atom. The summed E-state index contributed by atoms with van der Waals surface area (Å²) in [4.78, 5) is 2.47. The molecular weight excluding hydrogens is 300 g/mol. The van der Waals surface area contributed by atoms with Gasteiger partial charge in [0, 0.05) is 31.5 Å². The third-order valence-corrected chi connectivity index (χ3v) is 4.64. The van der Waals surface area contributed by atoms with E-state index in [9.17, 15) is 0 Å². The van der Waals surface area contributed by atoms with Gasteiger partial charge in [-0.1, -0.05) is 37.3 Å². The van der Waals surface area contributed by atoms with Crippen molar-refractivity contribution in [2.45, 2.75) is 39.0 Å². The van der Waals surface area contributed by atoms with Crippen LogP contribution in [0, 0.1) is 0 Å². The van der Waals surface area contributed by atoms with E-state index >= 15 is 0 Å². The normalized spacial score (nSPS) is 17.8. The first kappa shape index (κ1) is 15.1. The summed E-state index contributed by atoms with van der Waals surface area (Å²) in [5.41, 5.74) is 2.65. The molecule has 0 bridgehead atoms. The molecule has 0 amide bonds. The number of nitrogens with zero attached hydrogens (tertiary/aromatic N) is 6. The van der Waals surface area contributed by atoms with Crippen LogP contribution in [0.1, 0.15) is 36.5 Å². The van der Waals surface area contributed by atoms with Crippen LogP contribution < -0.4 is 0 Å². The fraction of sp³-hybridized carbons (Fsp3) is 0.389. The average molecular weight is 322 g/mol. The van der Waals surface area contributed by atoms with Crippen LogP contribution in [0.5, 0.6) is 0 Å². The third kappa shape index (κ3) is 2.73. The molecule has 2 aromatic heterocycles. The van der Waals surface area contributed by atoms with Gasteiger partial charge in [-0.2, -0.15) is 0 Å². The second-order valence-corrected chi connectivity index (χ2v) is 6.23. The smallest absolute Gasteiger partial charge is 0.165 e. The van der Waals surface area contributed by atoms with Crippen LogP contribution in [-0.2, 0) is 19.6 Å². The second-order valence-electron chi connectivity index (χ2n) is 6.23. The number of benzene rings is 1. The highest BCUT2D eigenvalue weighted by Crippen LogP contribution is 2.33. The van der Waals surface area contributed by atoms with Gasteiger partial charge in [-0.15, -0.1) is 5.10 Å². The van der Waals surface area contributed by atoms with Gasteiger partial charge in [0.2, 0.25) is 0 Å². The minimum absolute atomic E-state index is 0.238. The van der Waals surface area contributed by atoms with Crippen molar-refractivity contribution < 1.29 is 0 Å². The van der Waals surface area contributed by atoms with Crippen LogP contribution in [0.2, 0.25) is 0 Å². The van der Waals surface area contributed by atoms with Crippen molar-refractivity contribution in [3.63, 3.8) is 0 Å². The first-order valence-corrected chi connectivity index (χ1v) is 8.56. The molecule has 6 nitrogen and oxygen atoms in total. The predicted octanol–water partition coefficient (Wildman–Crippen LogP) is 2.49. The highest BCUT2D eigenvalue weighted by Gasteiger charge is 2.29. The van der Waals surface area contributed by atoms with Crippen LogP contribution >= 0.6 is 0 Å². The summed E-state index contributed by atoms with van der Waals surface area (Å²) in [7, 11) is 0. The quantitative estimate of drug-likeness (QED) is 0.724. The molecule has 0 N–H and O–H groups in total. The standard InChI is InChI=1S/C18H22N6/c1-2-10-24-17(19-20-21-24)14-23-13-12-22-11-6-9-16(22)18(23)15-7-4-3-5-8-15/h3-9,11,18H,2,10,12-14H2,1H3/t18-/m0/s1. The highest BCUT2D eigenvalue weighted by molar-refractivity contribution is 5.30. The van der Waals surface area contributed by atoms with Gasteiger partial charge in [-0.05, 0) is 34.5 Å². The Bertz CT molecular complexity index is 791. The number of tetrazole rings is 1. The zero-order valence-corrected chi connectivity index (χ0v) is 13.9. The topological polar surface area (TPSA) is 51.8 Å². The molecule has 3 heterocycles. The minimum Gasteiger partial charge on any atom is -0.348 e. The number of fused-ring (bicyclic) bond motifs is 1. The number of rotatable bonds is 5. The SMILES string of the molecule is CCCn1nnnc1CN1CCn2cccc2[C@@H]1c1ccccc1. The molecule has 0 saturated carbocycles. The molecular formula is C18H22N6. The molecule has 0 radical (unpaired) electrons. The Morgan fingerprint density at radius 1 is 1.08 bits per heavy atom. The Kier molecular flexibility index (Phi) is 4.13. The molecule has 24 heavy (non-hydrogen) atoms. The molecule has 1 aliphatic heterocycles. The zero-order chi connectivity index (χ0) is 16.4. The number of aryl methyl sites for hydroxylation is 1. The van der Waals surface area contributed by atoms with Gasteiger partial charge in [-0.3, -0.25) is 4.90 Å². The lowest BCUT2D eigenvalue weighted by molar-refractivity contribution is 0.167. The van der Waals surface area contributed by atoms with Crippen LogP contribution in [0.25, 0.3) is 0 Å². The van der Waals surface area contributed by atoms with Gasteiger partial charge < -0.3 is 4.57 Å². The van der Waals surface area contributed by atoms with Crippen molar-refractivity contribution in [1.82, 2.24) is 29.7 Å². The molecule has 3 aromatic rings. The monoisotopic (exact) mass is 322 g/mol. The van der Waals surface area contributed by atoms with Gasteiger partial charge in [0.1, 0.15) is 0 Å². The molecule has 4 rings (SSSR count). The summed E-state index contributed by atoms with van der Waals surface area (Å²) in [5.74, 6) is 0.942. The molecule has 0 unspecified atom stereocenters. The molecule has 1 aromatic carbocycles. The Labute approximate surface area is 141 Å². The van der Waals surface area contributed by atoms with E-state index in [0.717, 1.165) is 38.4 Å². The molecule has 0 saturated heterocycles. The first-order chi connectivity index (χ1) is 11.9. The second kappa shape index (κ2) is 6.57. The maximum Gasteiger partial charge on any atom is 0.165 e. The average Bonchev–Trinajstić information content (AvgIpc) is 3.25. The maximum absolute atomic E-state index is 4.25. The van der Waals surface area contributed by atoms with E-state index < -0.39 is 0 Å². The summed E-state index contributed by atoms with van der Waals surface area (Å²) in [6.45, 7) is 5.76. The maximum atomic E-state index is 4.25. The summed E-state index contributed by atoms with van der Waals surface area (Å²) in [5, 5.41) is 12.3. The summed E-state index contributed by atoms with van der Waals surface area (Å²) in [6, 6.07) is 15.3. The van der Waals surface area contributed by atoms with E-state index in [1.165, 1.54) is 11.3 Å². The molecule has 0 spiro atoms. The van der Waals surface area contributed by atoms with Gasteiger partial charge >= 0.3 is 0 Å². The van der Waals surface area contributed by atoms with Gasteiger partial charge in [-0.25, -0.2) is 4.68 Å². The summed E-state index contributed by atoms with van der Waals surface area (Å²) in [6.07, 6.45) is 3.20. The lowest BCUT2D eigenvalue weighted by Gasteiger charge is -2.37. The van der Waals surface area contributed by atoms with Crippen molar-refractivity contribution in [3.8, 4) is 0 Å². The molecule has 6 heteroatoms. The van der Waals surface area contributed by atoms with E-state index in [-0.39, 0.29) is 6.04 Å². The fourth-order valence-electron chi connectivity index (χ4n) is 3.52. The van der Waals surface area contributed by atoms with Crippen LogP contribution in [-0.4, -0.2) is 36.2 Å². The summed E-state index contributed by atoms with van der Waals surface area (Å²) >= 11 is 0. The van der Waals surface area contributed by atoms with Gasteiger partial charge in [0.05, 0.1) is 12.6 Å². The highest BCUT2D eigenvalue weighted by atomic mass is 15.5. The van der Waals surface area contributed by atoms with E-state index in [1.807, 2.05) is 4.68 Å². The molecule has 1 atom stereocenters. The first-order valence-electron chi connectivity index (χ1n) is 8.56. The van der Waals surface area contributed by atoms with Crippen molar-refractivity contribution in [2.75, 3.05) is 6.54 Å². The predicted molar refractivity (Wildman–Crippen MR) is 91.2 cm³/mol. The van der Waals surface area contributed by atoms with Crippen molar-refractivity contribution in [2.24, 2.45) is 0 Å². The van der Waals surface area contributed by atoms with E-state index in [4.69, 9.17) is 0 Å². The fourth-order valence-corrected chi connectivity index (χ4v) is 3.52. The number of hydrogen-bond acceptors (Lipinski definition) is 4. The molecule has 1 aliphatic rings. The van der Waals surface area contributed by atoms with Crippen molar-refractivity contribution >= 4 is 0 Å². The molecule has 0 fully saturated rings. The molecule has 124 valence electrons. The van der Waals surface area contributed by atoms with Crippen LogP contribution in [0.4, 0.5) is 0 Å². The largest absolute Gasteiger partial charge is 0.348 e. The lowest BCUT2D eigenvalue weighted by atomic mass is 10.00. The van der Waals surface area contributed by atoms with Crippen molar-refractivity contribution in [1.29, 1.82) is 0 Å². The van der Waals surface area contributed by atoms with E-state index in [0.29, 0.717) is 0 Å². The zero-order valence-electron chi connectivity index (χ0n) is 13.9. The third-order valence-electron chi connectivity index (χ3n) is 4.64. The molecule has 0 aliphatic carbocycles. The van der Waals surface area contributed by atoms with Crippen molar-refractivity contribution in [3.05, 3.63) is 65.7 Å². The minimum atomic E-state index is 0.238. The van der Waals surface area contributed by atoms with Crippen LogP contribution in [0.3, 0.4) is 0 Å². The lowest BCUT2D eigenvalue weighted by Crippen LogP contribution is -2.38. The summed E-state index contributed by atoms with van der Waals surface area (Å²) < 4.78 is 4.28. The van der Waals surface area contributed by atoms with Gasteiger partial charge in [0.15, 0.2) is 5.82 Å². The number of aromatic nitrogens is 5. The van der Waals surface area contributed by atoms with E-state index in [2.05, 4.69) is 80.6 Å². The van der Waals surface area contributed by atoms with Crippen LogP contribution in [0.15, 0.2) is 48.7 Å². The van der Waals surface area contributed by atoms with Gasteiger partial charge in [0.25, 0.3) is 0 Å². The van der Waals surface area contributed by atoms with E-state index in [1.54, 1.807) is 0 Å².